The maximum atomic E-state index is 12.1. The highest BCUT2D eigenvalue weighted by molar-refractivity contribution is 8.00. The Kier molecular flexibility index (Phi) is 5.31. The highest BCUT2D eigenvalue weighted by atomic mass is 32.2. The second-order valence-electron chi connectivity index (χ2n) is 4.77. The molecule has 0 aromatic carbocycles. The van der Waals surface area contributed by atoms with Gasteiger partial charge in [0.25, 0.3) is 0 Å². The Hall–Kier alpha value is -0.910. The van der Waals surface area contributed by atoms with Crippen LogP contribution in [-0.2, 0) is 4.79 Å². The molecule has 2 atom stereocenters. The number of carboxylic acid groups (broad SMARTS) is 1. The minimum Gasteiger partial charge on any atom is -0.480 e. The molecule has 2 N–H and O–H groups in total. The predicted molar refractivity (Wildman–Crippen MR) is 73.0 cm³/mol. The lowest BCUT2D eigenvalue weighted by Crippen LogP contribution is -2.57. The van der Waals surface area contributed by atoms with Crippen molar-refractivity contribution in [1.82, 2.24) is 10.2 Å². The Morgan fingerprint density at radius 3 is 2.67 bits per heavy atom. The van der Waals surface area contributed by atoms with Crippen molar-refractivity contribution >= 4 is 23.8 Å². The summed E-state index contributed by atoms with van der Waals surface area (Å²) < 4.78 is 0. The molecule has 0 spiro atoms. The Morgan fingerprint density at radius 2 is 2.17 bits per heavy atom. The first-order valence-corrected chi connectivity index (χ1v) is 7.40. The molecule has 0 aromatic heterocycles. The van der Waals surface area contributed by atoms with E-state index < -0.39 is 11.5 Å². The third-order valence-electron chi connectivity index (χ3n) is 3.44. The summed E-state index contributed by atoms with van der Waals surface area (Å²) in [5.41, 5.74) is -1.18. The summed E-state index contributed by atoms with van der Waals surface area (Å²) >= 11 is 1.88. The zero-order chi connectivity index (χ0) is 13.8. The van der Waals surface area contributed by atoms with E-state index in [0.29, 0.717) is 24.8 Å². The maximum absolute atomic E-state index is 12.1. The summed E-state index contributed by atoms with van der Waals surface area (Å²) in [6.07, 6.45) is 1.40. The van der Waals surface area contributed by atoms with Crippen molar-refractivity contribution in [2.75, 3.05) is 18.8 Å². The smallest absolute Gasteiger partial charge is 0.329 e. The first kappa shape index (κ1) is 15.1. The molecular weight excluding hydrogens is 252 g/mol. The van der Waals surface area contributed by atoms with Gasteiger partial charge in [-0.3, -0.25) is 0 Å². The van der Waals surface area contributed by atoms with Crippen molar-refractivity contribution in [2.24, 2.45) is 0 Å². The number of nitrogens with zero attached hydrogens (tertiary/aromatic N) is 1. The number of hydrogen-bond acceptors (Lipinski definition) is 3. The first-order chi connectivity index (χ1) is 8.42. The monoisotopic (exact) mass is 274 g/mol. The van der Waals surface area contributed by atoms with Gasteiger partial charge in [-0.1, -0.05) is 13.8 Å². The number of nitrogens with one attached hydrogen (secondary N) is 1. The van der Waals surface area contributed by atoms with Crippen LogP contribution < -0.4 is 5.32 Å². The minimum atomic E-state index is -1.18. The quantitative estimate of drug-likeness (QED) is 0.820. The van der Waals surface area contributed by atoms with Gasteiger partial charge in [-0.25, -0.2) is 9.59 Å². The molecule has 1 saturated heterocycles. The van der Waals surface area contributed by atoms with Gasteiger partial charge >= 0.3 is 12.0 Å². The van der Waals surface area contributed by atoms with Crippen LogP contribution in [-0.4, -0.2) is 51.6 Å². The summed E-state index contributed by atoms with van der Waals surface area (Å²) in [6.45, 7) is 6.80. The molecule has 0 aliphatic carbocycles. The largest absolute Gasteiger partial charge is 0.480 e. The SMILES string of the molecule is CCC1CN(C(=O)NC(C)(CC)C(=O)O)CCS1. The van der Waals surface area contributed by atoms with Crippen LogP contribution in [0.4, 0.5) is 4.79 Å². The van der Waals surface area contributed by atoms with Gasteiger partial charge in [0.2, 0.25) is 0 Å². The molecule has 0 bridgehead atoms. The molecule has 18 heavy (non-hydrogen) atoms. The number of rotatable bonds is 4. The molecule has 1 heterocycles. The fourth-order valence-electron chi connectivity index (χ4n) is 1.76. The van der Waals surface area contributed by atoms with Gasteiger partial charge in [-0.05, 0) is 19.8 Å². The molecule has 1 rings (SSSR count). The molecule has 0 saturated carbocycles. The number of thioether (sulfide) groups is 1. The third-order valence-corrected chi connectivity index (χ3v) is 4.82. The number of carbonyl (C=O) groups excluding carboxylic acids is 1. The lowest BCUT2D eigenvalue weighted by molar-refractivity contribution is -0.143. The highest BCUT2D eigenvalue weighted by Crippen LogP contribution is 2.21. The number of amides is 2. The molecule has 2 unspecified atom stereocenters. The van der Waals surface area contributed by atoms with Crippen LogP contribution in [0.15, 0.2) is 0 Å². The second kappa shape index (κ2) is 6.31. The van der Waals surface area contributed by atoms with Crippen molar-refractivity contribution in [1.29, 1.82) is 0 Å². The van der Waals surface area contributed by atoms with Crippen LogP contribution >= 0.6 is 11.8 Å². The summed E-state index contributed by atoms with van der Waals surface area (Å²) in [6, 6.07) is -0.263. The number of hydrogen-bond donors (Lipinski definition) is 2. The lowest BCUT2D eigenvalue weighted by Gasteiger charge is -2.34. The van der Waals surface area contributed by atoms with Crippen molar-refractivity contribution < 1.29 is 14.7 Å². The van der Waals surface area contributed by atoms with Gasteiger partial charge in [-0.15, -0.1) is 0 Å². The molecule has 5 nitrogen and oxygen atoms in total. The van der Waals surface area contributed by atoms with Gasteiger partial charge in [0.1, 0.15) is 5.54 Å². The summed E-state index contributed by atoms with van der Waals surface area (Å²) in [5.74, 6) is -0.0706. The van der Waals surface area contributed by atoms with Gasteiger partial charge in [0.05, 0.1) is 0 Å². The van der Waals surface area contributed by atoms with Crippen LogP contribution in [0.1, 0.15) is 33.6 Å². The fourth-order valence-corrected chi connectivity index (χ4v) is 2.94. The van der Waals surface area contributed by atoms with Crippen LogP contribution in [0, 0.1) is 0 Å². The van der Waals surface area contributed by atoms with Crippen molar-refractivity contribution in [2.45, 2.75) is 44.4 Å². The van der Waals surface area contributed by atoms with Gasteiger partial charge < -0.3 is 15.3 Å². The molecule has 6 heteroatoms. The van der Waals surface area contributed by atoms with E-state index in [1.807, 2.05) is 11.8 Å². The minimum absolute atomic E-state index is 0.263. The molecule has 104 valence electrons. The molecule has 2 amide bonds. The molecule has 0 radical (unpaired) electrons. The Bertz CT molecular complexity index is 324. The number of carboxylic acids is 1. The topological polar surface area (TPSA) is 69.6 Å². The maximum Gasteiger partial charge on any atom is 0.329 e. The third kappa shape index (κ3) is 3.54. The zero-order valence-electron chi connectivity index (χ0n) is 11.2. The van der Waals surface area contributed by atoms with Crippen LogP contribution in [0.25, 0.3) is 0 Å². The van der Waals surface area contributed by atoms with Crippen LogP contribution in [0.2, 0.25) is 0 Å². The van der Waals surface area contributed by atoms with Crippen molar-refractivity contribution in [3.63, 3.8) is 0 Å². The van der Waals surface area contributed by atoms with Crippen LogP contribution in [0.3, 0.4) is 0 Å². The standard InChI is InChI=1S/C12H22N2O3S/c1-4-9-8-14(6-7-18-9)11(17)13-12(3,5-2)10(15)16/h9H,4-8H2,1-3H3,(H,13,17)(H,15,16). The average Bonchev–Trinajstić information content (AvgIpc) is 2.38. The number of aliphatic carboxylic acids is 1. The first-order valence-electron chi connectivity index (χ1n) is 6.35. The van der Waals surface area contributed by atoms with Crippen LogP contribution in [0.5, 0.6) is 0 Å². The summed E-state index contributed by atoms with van der Waals surface area (Å²) in [7, 11) is 0. The average molecular weight is 274 g/mol. The fraction of sp³-hybridized carbons (Fsp3) is 0.833. The highest BCUT2D eigenvalue weighted by Gasteiger charge is 2.35. The lowest BCUT2D eigenvalue weighted by atomic mass is 10.00. The summed E-state index contributed by atoms with van der Waals surface area (Å²) in [5, 5.41) is 12.2. The van der Waals surface area contributed by atoms with E-state index in [-0.39, 0.29) is 6.03 Å². The Morgan fingerprint density at radius 1 is 1.50 bits per heavy atom. The number of urea groups is 1. The van der Waals surface area contributed by atoms with E-state index in [2.05, 4.69) is 12.2 Å². The molecule has 1 aliphatic rings. The second-order valence-corrected chi connectivity index (χ2v) is 6.18. The molecule has 0 aromatic rings. The zero-order valence-corrected chi connectivity index (χ0v) is 12.0. The number of carbonyl (C=O) groups is 2. The van der Waals surface area contributed by atoms with Crippen molar-refractivity contribution in [3.8, 4) is 0 Å². The normalized spacial score (nSPS) is 23.3. The van der Waals surface area contributed by atoms with Gasteiger partial charge in [-0.2, -0.15) is 11.8 Å². The Balaban J connectivity index is 2.61. The van der Waals surface area contributed by atoms with Crippen molar-refractivity contribution in [3.05, 3.63) is 0 Å². The van der Waals surface area contributed by atoms with E-state index in [1.54, 1.807) is 18.7 Å². The Labute approximate surface area is 112 Å². The van der Waals surface area contributed by atoms with Gasteiger partial charge in [0, 0.05) is 24.1 Å². The van der Waals surface area contributed by atoms with Gasteiger partial charge in [0.15, 0.2) is 0 Å². The van der Waals surface area contributed by atoms with E-state index in [9.17, 15) is 9.59 Å². The molecular formula is C12H22N2O3S. The predicted octanol–water partition coefficient (Wildman–Crippen LogP) is 1.78. The van der Waals surface area contributed by atoms with E-state index in [4.69, 9.17) is 5.11 Å². The summed E-state index contributed by atoms with van der Waals surface area (Å²) in [4.78, 5) is 25.0. The molecule has 1 fully saturated rings. The van der Waals surface area contributed by atoms with E-state index in [0.717, 1.165) is 12.2 Å². The molecule has 1 aliphatic heterocycles. The van der Waals surface area contributed by atoms with E-state index >= 15 is 0 Å². The van der Waals surface area contributed by atoms with E-state index in [1.165, 1.54) is 0 Å².